The van der Waals surface area contributed by atoms with Gasteiger partial charge in [0, 0.05) is 18.7 Å². The summed E-state index contributed by atoms with van der Waals surface area (Å²) in [6.45, 7) is 3.39. The van der Waals surface area contributed by atoms with Gasteiger partial charge in [-0.3, -0.25) is 9.69 Å². The van der Waals surface area contributed by atoms with E-state index in [9.17, 15) is 4.79 Å². The molecular weight excluding hydrogens is 238 g/mol. The number of morpholine rings is 1. The average molecular weight is 253 g/mol. The SMILES string of the molecule is O=C(CN1CCOCC1)N/N=C\c1ccsc1. The third kappa shape index (κ3) is 4.26. The monoisotopic (exact) mass is 253 g/mol. The highest BCUT2D eigenvalue weighted by Crippen LogP contribution is 2.02. The maximum absolute atomic E-state index is 11.5. The van der Waals surface area contributed by atoms with Crippen LogP contribution < -0.4 is 5.43 Å². The summed E-state index contributed by atoms with van der Waals surface area (Å²) >= 11 is 1.60. The van der Waals surface area contributed by atoms with E-state index in [1.807, 2.05) is 16.8 Å². The van der Waals surface area contributed by atoms with Crippen LogP contribution in [-0.4, -0.2) is 49.9 Å². The number of hydrazone groups is 1. The highest BCUT2D eigenvalue weighted by atomic mass is 32.1. The van der Waals surface area contributed by atoms with Crippen LogP contribution in [0, 0.1) is 0 Å². The lowest BCUT2D eigenvalue weighted by molar-refractivity contribution is -0.123. The Kier molecular flexibility index (Phi) is 4.66. The molecule has 0 unspecified atom stereocenters. The molecule has 92 valence electrons. The van der Waals surface area contributed by atoms with E-state index >= 15 is 0 Å². The zero-order valence-corrected chi connectivity index (χ0v) is 10.3. The summed E-state index contributed by atoms with van der Waals surface area (Å²) in [5.74, 6) is -0.0848. The number of carbonyl (C=O) groups is 1. The van der Waals surface area contributed by atoms with Crippen molar-refractivity contribution in [2.75, 3.05) is 32.8 Å². The number of carbonyl (C=O) groups excluding carboxylic acids is 1. The number of hydrogen-bond acceptors (Lipinski definition) is 5. The number of amides is 1. The van der Waals surface area contributed by atoms with Crippen LogP contribution in [0.3, 0.4) is 0 Å². The normalized spacial score (nSPS) is 17.4. The van der Waals surface area contributed by atoms with Crippen molar-refractivity contribution >= 4 is 23.5 Å². The van der Waals surface area contributed by atoms with Crippen LogP contribution in [0.1, 0.15) is 5.56 Å². The standard InChI is InChI=1S/C11H15N3O2S/c15-11(8-14-2-4-16-5-3-14)13-12-7-10-1-6-17-9-10/h1,6-7,9H,2-5,8H2,(H,13,15)/b12-7-. The molecule has 1 aromatic rings. The van der Waals surface area contributed by atoms with Gasteiger partial charge in [0.2, 0.25) is 0 Å². The number of hydrogen-bond donors (Lipinski definition) is 1. The van der Waals surface area contributed by atoms with E-state index in [1.165, 1.54) is 0 Å². The van der Waals surface area contributed by atoms with Gasteiger partial charge in [0.15, 0.2) is 0 Å². The molecule has 0 atom stereocenters. The fourth-order valence-corrected chi connectivity index (χ4v) is 2.14. The second-order valence-electron chi connectivity index (χ2n) is 3.74. The molecule has 1 N–H and O–H groups in total. The Balaban J connectivity index is 1.70. The minimum atomic E-state index is -0.0848. The highest BCUT2D eigenvalue weighted by Gasteiger charge is 2.13. The molecule has 1 amide bonds. The summed E-state index contributed by atoms with van der Waals surface area (Å²) < 4.78 is 5.21. The van der Waals surface area contributed by atoms with E-state index in [0.717, 1.165) is 18.7 Å². The predicted octanol–water partition coefficient (Wildman–Crippen LogP) is 0.530. The maximum atomic E-state index is 11.5. The molecule has 17 heavy (non-hydrogen) atoms. The Labute approximate surface area is 104 Å². The summed E-state index contributed by atoms with van der Waals surface area (Å²) in [6.07, 6.45) is 1.65. The molecule has 5 nitrogen and oxygen atoms in total. The molecule has 2 rings (SSSR count). The van der Waals surface area contributed by atoms with Crippen LogP contribution in [0.2, 0.25) is 0 Å². The first-order valence-corrected chi connectivity index (χ1v) is 6.43. The minimum absolute atomic E-state index is 0.0848. The van der Waals surface area contributed by atoms with Crippen molar-refractivity contribution in [2.24, 2.45) is 5.10 Å². The smallest absolute Gasteiger partial charge is 0.254 e. The van der Waals surface area contributed by atoms with Gasteiger partial charge in [-0.15, -0.1) is 0 Å². The van der Waals surface area contributed by atoms with Crippen molar-refractivity contribution in [2.45, 2.75) is 0 Å². The van der Waals surface area contributed by atoms with Gasteiger partial charge in [0.25, 0.3) is 5.91 Å². The zero-order valence-electron chi connectivity index (χ0n) is 9.46. The lowest BCUT2D eigenvalue weighted by Crippen LogP contribution is -2.42. The summed E-state index contributed by atoms with van der Waals surface area (Å²) in [6, 6.07) is 1.95. The Bertz CT molecular complexity index is 372. The fraction of sp³-hybridized carbons (Fsp3) is 0.455. The Morgan fingerprint density at radius 2 is 2.41 bits per heavy atom. The summed E-state index contributed by atoms with van der Waals surface area (Å²) in [5.41, 5.74) is 3.52. The first-order valence-electron chi connectivity index (χ1n) is 5.49. The van der Waals surface area contributed by atoms with Crippen molar-refractivity contribution in [3.8, 4) is 0 Å². The lowest BCUT2D eigenvalue weighted by atomic mass is 10.4. The first kappa shape index (κ1) is 12.2. The second-order valence-corrected chi connectivity index (χ2v) is 4.52. The van der Waals surface area contributed by atoms with E-state index in [2.05, 4.69) is 15.4 Å². The van der Waals surface area contributed by atoms with Crippen molar-refractivity contribution in [1.29, 1.82) is 0 Å². The largest absolute Gasteiger partial charge is 0.379 e. The van der Waals surface area contributed by atoms with Crippen molar-refractivity contribution in [3.63, 3.8) is 0 Å². The summed E-state index contributed by atoms with van der Waals surface area (Å²) in [5, 5.41) is 7.84. The Hall–Kier alpha value is -1.24. The average Bonchev–Trinajstić information content (AvgIpc) is 2.83. The molecule has 0 aromatic carbocycles. The van der Waals surface area contributed by atoms with Gasteiger partial charge in [-0.05, 0) is 16.8 Å². The first-order chi connectivity index (χ1) is 8.34. The topological polar surface area (TPSA) is 53.9 Å². The third-order valence-corrected chi connectivity index (χ3v) is 3.12. The van der Waals surface area contributed by atoms with Crippen molar-refractivity contribution in [3.05, 3.63) is 22.4 Å². The van der Waals surface area contributed by atoms with Crippen LogP contribution in [0.15, 0.2) is 21.9 Å². The second kappa shape index (κ2) is 6.48. The maximum Gasteiger partial charge on any atom is 0.254 e. The molecule has 0 saturated carbocycles. The van der Waals surface area contributed by atoms with E-state index in [4.69, 9.17) is 4.74 Å². The molecular formula is C11H15N3O2S. The quantitative estimate of drug-likeness (QED) is 0.629. The van der Waals surface area contributed by atoms with Gasteiger partial charge in [0.1, 0.15) is 0 Å². The zero-order chi connectivity index (χ0) is 11.9. The number of thiophene rings is 1. The van der Waals surface area contributed by atoms with Crippen molar-refractivity contribution < 1.29 is 9.53 Å². The lowest BCUT2D eigenvalue weighted by Gasteiger charge is -2.25. The number of nitrogens with zero attached hydrogens (tertiary/aromatic N) is 2. The molecule has 1 fully saturated rings. The predicted molar refractivity (Wildman–Crippen MR) is 67.3 cm³/mol. The van der Waals surface area contributed by atoms with Gasteiger partial charge < -0.3 is 4.74 Å². The van der Waals surface area contributed by atoms with Gasteiger partial charge in [-0.2, -0.15) is 16.4 Å². The van der Waals surface area contributed by atoms with Crippen LogP contribution in [0.25, 0.3) is 0 Å². The van der Waals surface area contributed by atoms with Gasteiger partial charge in [-0.1, -0.05) is 0 Å². The minimum Gasteiger partial charge on any atom is -0.379 e. The summed E-state index contributed by atoms with van der Waals surface area (Å²) in [4.78, 5) is 13.6. The molecule has 0 bridgehead atoms. The van der Waals surface area contributed by atoms with E-state index < -0.39 is 0 Å². The molecule has 1 aliphatic rings. The van der Waals surface area contributed by atoms with Gasteiger partial charge in [0.05, 0.1) is 26.0 Å². The highest BCUT2D eigenvalue weighted by molar-refractivity contribution is 7.08. The van der Waals surface area contributed by atoms with Gasteiger partial charge >= 0.3 is 0 Å². The van der Waals surface area contributed by atoms with Crippen molar-refractivity contribution in [1.82, 2.24) is 10.3 Å². The van der Waals surface area contributed by atoms with Crippen LogP contribution >= 0.6 is 11.3 Å². The molecule has 1 aromatic heterocycles. The molecule has 0 aliphatic carbocycles. The van der Waals surface area contributed by atoms with E-state index in [1.54, 1.807) is 17.6 Å². The number of nitrogens with one attached hydrogen (secondary N) is 1. The number of rotatable bonds is 4. The molecule has 2 heterocycles. The van der Waals surface area contributed by atoms with Gasteiger partial charge in [-0.25, -0.2) is 5.43 Å². The molecule has 1 aliphatic heterocycles. The Morgan fingerprint density at radius 1 is 1.59 bits per heavy atom. The van der Waals surface area contributed by atoms with Crippen LogP contribution in [-0.2, 0) is 9.53 Å². The summed E-state index contributed by atoms with van der Waals surface area (Å²) in [7, 11) is 0. The molecule has 6 heteroatoms. The Morgan fingerprint density at radius 3 is 3.12 bits per heavy atom. The molecule has 0 spiro atoms. The van der Waals surface area contributed by atoms with Crippen LogP contribution in [0.4, 0.5) is 0 Å². The molecule has 1 saturated heterocycles. The van der Waals surface area contributed by atoms with E-state index in [0.29, 0.717) is 19.8 Å². The van der Waals surface area contributed by atoms with E-state index in [-0.39, 0.29) is 5.91 Å². The number of ether oxygens (including phenoxy) is 1. The van der Waals surface area contributed by atoms with Crippen LogP contribution in [0.5, 0.6) is 0 Å². The fourth-order valence-electron chi connectivity index (χ4n) is 1.52. The molecule has 0 radical (unpaired) electrons. The third-order valence-electron chi connectivity index (χ3n) is 2.42.